The average Bonchev–Trinajstić information content (AvgIpc) is 3.53. The third kappa shape index (κ3) is 3.09. The van der Waals surface area contributed by atoms with Crippen molar-refractivity contribution in [1.29, 1.82) is 0 Å². The van der Waals surface area contributed by atoms with Gasteiger partial charge in [-0.15, -0.1) is 0 Å². The molecule has 0 radical (unpaired) electrons. The first kappa shape index (κ1) is 20.3. The fourth-order valence-electron chi connectivity index (χ4n) is 7.56. The molecule has 0 aliphatic heterocycles. The summed E-state index contributed by atoms with van der Waals surface area (Å²) in [6.07, 6.45) is 9.11. The molecule has 32 heavy (non-hydrogen) atoms. The van der Waals surface area contributed by atoms with Crippen LogP contribution in [0.15, 0.2) is 36.4 Å². The summed E-state index contributed by atoms with van der Waals surface area (Å²) < 4.78 is 12.3. The molecule has 0 spiro atoms. The summed E-state index contributed by atoms with van der Waals surface area (Å²) in [5, 5.41) is 1.52. The lowest BCUT2D eigenvalue weighted by atomic mass is 9.85. The van der Waals surface area contributed by atoms with Gasteiger partial charge in [-0.2, -0.15) is 0 Å². The van der Waals surface area contributed by atoms with Gasteiger partial charge in [0, 0.05) is 0 Å². The maximum absolute atomic E-state index is 13.3. The van der Waals surface area contributed by atoms with Crippen LogP contribution >= 0.6 is 0 Å². The molecule has 4 heteroatoms. The van der Waals surface area contributed by atoms with Crippen LogP contribution in [0.1, 0.15) is 85.9 Å². The molecule has 4 fully saturated rings. The molecule has 4 bridgehead atoms. The first-order valence-electron chi connectivity index (χ1n) is 12.3. The maximum Gasteiger partial charge on any atom is 0.339 e. The average molecular weight is 433 g/mol. The number of hydrogen-bond donors (Lipinski definition) is 0. The Morgan fingerprint density at radius 1 is 0.719 bits per heavy atom. The monoisotopic (exact) mass is 432 g/mol. The smallest absolute Gasteiger partial charge is 0.339 e. The van der Waals surface area contributed by atoms with Gasteiger partial charge in [-0.25, -0.2) is 9.59 Å². The Morgan fingerprint density at radius 3 is 1.50 bits per heavy atom. The van der Waals surface area contributed by atoms with Crippen LogP contribution in [0.25, 0.3) is 10.8 Å². The number of rotatable bonds is 4. The molecule has 4 nitrogen and oxygen atoms in total. The summed E-state index contributed by atoms with van der Waals surface area (Å²) in [5.41, 5.74) is 0.337. The van der Waals surface area contributed by atoms with Crippen molar-refractivity contribution in [1.82, 2.24) is 0 Å². The quantitative estimate of drug-likeness (QED) is 0.531. The van der Waals surface area contributed by atoms with Crippen LogP contribution in [-0.4, -0.2) is 23.1 Å². The largest absolute Gasteiger partial charge is 0.455 e. The van der Waals surface area contributed by atoms with Gasteiger partial charge in [0.2, 0.25) is 0 Å². The Kier molecular flexibility index (Phi) is 4.48. The molecule has 168 valence electrons. The highest BCUT2D eigenvalue weighted by molar-refractivity contribution is 6.11. The van der Waals surface area contributed by atoms with Gasteiger partial charge in [0.1, 0.15) is 11.2 Å². The molecule has 0 amide bonds. The summed E-state index contributed by atoms with van der Waals surface area (Å²) >= 11 is 0. The van der Waals surface area contributed by atoms with Crippen molar-refractivity contribution in [3.8, 4) is 0 Å². The molecule has 0 heterocycles. The number of esters is 2. The highest BCUT2D eigenvalue weighted by Gasteiger charge is 2.51. The zero-order chi connectivity index (χ0) is 22.1. The molecule has 4 aliphatic rings. The molecule has 4 saturated carbocycles. The Balaban J connectivity index is 1.28. The van der Waals surface area contributed by atoms with Gasteiger partial charge in [-0.3, -0.25) is 0 Å². The summed E-state index contributed by atoms with van der Waals surface area (Å²) in [7, 11) is 0. The van der Waals surface area contributed by atoms with Crippen LogP contribution in [0, 0.1) is 23.7 Å². The minimum absolute atomic E-state index is 0.281. The van der Waals surface area contributed by atoms with E-state index >= 15 is 0 Å². The number of ether oxygens (including phenoxy) is 2. The lowest BCUT2D eigenvalue weighted by molar-refractivity contribution is -0.0378. The highest BCUT2D eigenvalue weighted by Crippen LogP contribution is 2.53. The molecular weight excluding hydrogens is 400 g/mol. The first-order valence-corrected chi connectivity index (χ1v) is 12.3. The molecule has 0 N–H and O–H groups in total. The van der Waals surface area contributed by atoms with Gasteiger partial charge in [0.05, 0.1) is 11.1 Å². The Bertz CT molecular complexity index is 1020. The van der Waals surface area contributed by atoms with Crippen molar-refractivity contribution in [2.45, 2.75) is 76.4 Å². The highest BCUT2D eigenvalue weighted by atomic mass is 16.6. The Morgan fingerprint density at radius 2 is 1.16 bits per heavy atom. The molecule has 6 rings (SSSR count). The van der Waals surface area contributed by atoms with E-state index in [1.807, 2.05) is 36.4 Å². The molecule has 6 atom stereocenters. The van der Waals surface area contributed by atoms with E-state index in [0.717, 1.165) is 36.5 Å². The summed E-state index contributed by atoms with van der Waals surface area (Å²) in [5.74, 6) is 1.77. The van der Waals surface area contributed by atoms with E-state index < -0.39 is 0 Å². The minimum atomic E-state index is -0.366. The number of hydrogen-bond acceptors (Lipinski definition) is 4. The lowest BCUT2D eigenvalue weighted by Crippen LogP contribution is -2.37. The number of benzene rings is 2. The summed E-state index contributed by atoms with van der Waals surface area (Å²) in [6, 6.07) is 11.1. The van der Waals surface area contributed by atoms with E-state index in [1.54, 1.807) is 0 Å². The van der Waals surface area contributed by atoms with Crippen molar-refractivity contribution in [3.63, 3.8) is 0 Å². The van der Waals surface area contributed by atoms with Crippen LogP contribution in [0.5, 0.6) is 0 Å². The van der Waals surface area contributed by atoms with Gasteiger partial charge >= 0.3 is 11.9 Å². The Labute approximate surface area is 189 Å². The van der Waals surface area contributed by atoms with Crippen LogP contribution in [0.4, 0.5) is 0 Å². The lowest BCUT2D eigenvalue weighted by Gasteiger charge is -2.34. The normalized spacial score (nSPS) is 37.2. The van der Waals surface area contributed by atoms with Crippen molar-refractivity contribution < 1.29 is 19.1 Å². The van der Waals surface area contributed by atoms with E-state index in [9.17, 15) is 9.59 Å². The van der Waals surface area contributed by atoms with Gasteiger partial charge < -0.3 is 9.47 Å². The van der Waals surface area contributed by atoms with E-state index in [1.165, 1.54) is 25.7 Å². The number of fused-ring (bicyclic) bond motifs is 5. The fraction of sp³-hybridized carbons (Fsp3) is 0.571. The third-order valence-corrected chi connectivity index (χ3v) is 9.21. The van der Waals surface area contributed by atoms with Gasteiger partial charge in [0.25, 0.3) is 0 Å². The molecule has 4 aliphatic carbocycles. The van der Waals surface area contributed by atoms with Crippen LogP contribution < -0.4 is 0 Å². The molecule has 2 aromatic carbocycles. The van der Waals surface area contributed by atoms with Crippen LogP contribution in [0.2, 0.25) is 0 Å². The fourth-order valence-corrected chi connectivity index (χ4v) is 7.56. The van der Waals surface area contributed by atoms with E-state index in [4.69, 9.17) is 9.47 Å². The molecule has 0 saturated heterocycles. The topological polar surface area (TPSA) is 52.6 Å². The molecule has 2 aromatic rings. The second-order valence-electron chi connectivity index (χ2n) is 11.3. The summed E-state index contributed by atoms with van der Waals surface area (Å²) in [4.78, 5) is 26.5. The first-order chi connectivity index (χ1) is 15.3. The van der Waals surface area contributed by atoms with Gasteiger partial charge in [-0.1, -0.05) is 24.3 Å². The van der Waals surface area contributed by atoms with E-state index in [2.05, 4.69) is 13.8 Å². The maximum atomic E-state index is 13.3. The summed E-state index contributed by atoms with van der Waals surface area (Å²) in [6.45, 7) is 4.19. The third-order valence-electron chi connectivity index (χ3n) is 9.21. The van der Waals surface area contributed by atoms with Crippen LogP contribution in [0.3, 0.4) is 0 Å². The van der Waals surface area contributed by atoms with Crippen molar-refractivity contribution >= 4 is 22.7 Å². The predicted octanol–water partition coefficient (Wildman–Crippen LogP) is 6.31. The van der Waals surface area contributed by atoms with Gasteiger partial charge in [0.15, 0.2) is 0 Å². The predicted molar refractivity (Wildman–Crippen MR) is 122 cm³/mol. The zero-order valence-electron chi connectivity index (χ0n) is 19.1. The van der Waals surface area contributed by atoms with Crippen molar-refractivity contribution in [2.24, 2.45) is 23.7 Å². The molecular formula is C28H32O4. The zero-order valence-corrected chi connectivity index (χ0v) is 19.1. The number of carbonyl (C=O) groups is 2. The number of carbonyl (C=O) groups excluding carboxylic acids is 2. The SMILES string of the molecule is CC1(OC(=O)c2cccc3c(C(=O)OC4(C)CC5CCC4C5)cccc23)CC2CCC1C2. The van der Waals surface area contributed by atoms with E-state index in [0.29, 0.717) is 34.8 Å². The van der Waals surface area contributed by atoms with Crippen LogP contribution in [-0.2, 0) is 9.47 Å². The molecule has 6 unspecified atom stereocenters. The standard InChI is InChI=1S/C28H32O4/c1-27(15-17-9-11-19(27)13-17)31-25(29)23-7-3-6-22-21(23)5-4-8-24(22)26(30)32-28(2)16-18-10-12-20(28)14-18/h3-8,17-20H,9-16H2,1-2H3. The van der Waals surface area contributed by atoms with Crippen molar-refractivity contribution in [2.75, 3.05) is 0 Å². The second kappa shape index (κ2) is 7.07. The molecule has 0 aromatic heterocycles. The van der Waals surface area contributed by atoms with Crippen molar-refractivity contribution in [3.05, 3.63) is 47.5 Å². The van der Waals surface area contributed by atoms with Gasteiger partial charge in [-0.05, 0) is 112 Å². The van der Waals surface area contributed by atoms with E-state index in [-0.39, 0.29) is 23.1 Å². The minimum Gasteiger partial charge on any atom is -0.455 e. The second-order valence-corrected chi connectivity index (χ2v) is 11.3. The Hall–Kier alpha value is -2.36.